The van der Waals surface area contributed by atoms with Gasteiger partial charge in [0.05, 0.1) is 0 Å². The molecule has 2 aromatic rings. The number of rotatable bonds is 1. The van der Waals surface area contributed by atoms with Crippen LogP contribution in [0.1, 0.15) is 12.5 Å². The molecule has 0 spiro atoms. The Bertz CT molecular complexity index is 567. The van der Waals surface area contributed by atoms with E-state index in [1.165, 1.54) is 11.3 Å². The Morgan fingerprint density at radius 3 is 2.83 bits per heavy atom. The van der Waals surface area contributed by atoms with Crippen molar-refractivity contribution in [1.82, 2.24) is 9.97 Å². The third-order valence-electron chi connectivity index (χ3n) is 3.18. The van der Waals surface area contributed by atoms with Gasteiger partial charge in [-0.05, 0) is 25.5 Å². The van der Waals surface area contributed by atoms with Crippen molar-refractivity contribution in [3.63, 3.8) is 0 Å². The highest BCUT2D eigenvalue weighted by Crippen LogP contribution is 2.34. The van der Waals surface area contributed by atoms with E-state index in [9.17, 15) is 0 Å². The van der Waals surface area contributed by atoms with E-state index in [0.29, 0.717) is 6.04 Å². The molecule has 18 heavy (non-hydrogen) atoms. The fourth-order valence-electron chi connectivity index (χ4n) is 2.35. The molecule has 0 saturated carbocycles. The van der Waals surface area contributed by atoms with Gasteiger partial charge in [-0.1, -0.05) is 18.2 Å². The summed E-state index contributed by atoms with van der Waals surface area (Å²) in [6.07, 6.45) is 3.46. The predicted octanol–water partition coefficient (Wildman–Crippen LogP) is 2.74. The Hall–Kier alpha value is -2.10. The summed E-state index contributed by atoms with van der Waals surface area (Å²) in [5.41, 5.74) is 2.45. The molecule has 0 fully saturated rings. The van der Waals surface area contributed by atoms with E-state index >= 15 is 0 Å². The number of aromatic nitrogens is 2. The molecule has 3 rings (SSSR count). The molecule has 4 nitrogen and oxygen atoms in total. The van der Waals surface area contributed by atoms with E-state index in [4.69, 9.17) is 0 Å². The molecule has 1 N–H and O–H groups in total. The first-order valence-electron chi connectivity index (χ1n) is 6.16. The molecule has 1 aromatic heterocycles. The van der Waals surface area contributed by atoms with E-state index in [0.717, 1.165) is 18.2 Å². The summed E-state index contributed by atoms with van der Waals surface area (Å²) in [5.74, 6) is 1.77. The van der Waals surface area contributed by atoms with E-state index in [2.05, 4.69) is 58.3 Å². The van der Waals surface area contributed by atoms with Gasteiger partial charge in [0.1, 0.15) is 0 Å². The molecule has 1 aromatic carbocycles. The zero-order valence-corrected chi connectivity index (χ0v) is 10.6. The number of benzene rings is 1. The van der Waals surface area contributed by atoms with E-state index in [1.807, 2.05) is 0 Å². The molecule has 0 amide bonds. The van der Waals surface area contributed by atoms with E-state index < -0.39 is 0 Å². The number of nitrogens with zero attached hydrogens (tertiary/aromatic N) is 3. The average molecular weight is 240 g/mol. The lowest BCUT2D eigenvalue weighted by molar-refractivity contribution is 0.739. The molecule has 0 aliphatic carbocycles. The van der Waals surface area contributed by atoms with Gasteiger partial charge < -0.3 is 10.2 Å². The van der Waals surface area contributed by atoms with Crippen LogP contribution < -0.4 is 10.2 Å². The molecule has 0 bridgehead atoms. The van der Waals surface area contributed by atoms with Crippen molar-refractivity contribution in [3.8, 4) is 0 Å². The van der Waals surface area contributed by atoms with Gasteiger partial charge in [0.15, 0.2) is 11.6 Å². The maximum absolute atomic E-state index is 4.45. The fourth-order valence-corrected chi connectivity index (χ4v) is 2.35. The third-order valence-corrected chi connectivity index (χ3v) is 3.18. The van der Waals surface area contributed by atoms with Crippen LogP contribution in [0.2, 0.25) is 0 Å². The Balaban J connectivity index is 2.11. The number of aryl methyl sites for hydroxylation is 1. The van der Waals surface area contributed by atoms with Gasteiger partial charge >= 0.3 is 0 Å². The molecule has 0 unspecified atom stereocenters. The Labute approximate surface area is 107 Å². The largest absolute Gasteiger partial charge is 0.363 e. The number of hydrogen-bond donors (Lipinski definition) is 1. The SMILES string of the molecule is Cc1ccccc1N1C[C@H](C)Nc2nccnc21. The van der Waals surface area contributed by atoms with Crippen LogP contribution in [0, 0.1) is 6.92 Å². The summed E-state index contributed by atoms with van der Waals surface area (Å²) in [6.45, 7) is 5.18. The lowest BCUT2D eigenvalue weighted by Gasteiger charge is -2.34. The zero-order chi connectivity index (χ0) is 12.5. The minimum absolute atomic E-state index is 0.355. The van der Waals surface area contributed by atoms with Gasteiger partial charge in [0.2, 0.25) is 0 Å². The lowest BCUT2D eigenvalue weighted by Crippen LogP contribution is -2.38. The molecule has 0 saturated heterocycles. The van der Waals surface area contributed by atoms with Crippen LogP contribution in [0.25, 0.3) is 0 Å². The summed E-state index contributed by atoms with van der Waals surface area (Å²) in [6, 6.07) is 8.73. The van der Waals surface area contributed by atoms with Crippen molar-refractivity contribution in [2.45, 2.75) is 19.9 Å². The first-order chi connectivity index (χ1) is 8.75. The van der Waals surface area contributed by atoms with Gasteiger partial charge in [0.25, 0.3) is 0 Å². The number of para-hydroxylation sites is 1. The second-order valence-corrected chi connectivity index (χ2v) is 4.67. The second-order valence-electron chi connectivity index (χ2n) is 4.67. The van der Waals surface area contributed by atoms with Crippen LogP contribution >= 0.6 is 0 Å². The smallest absolute Gasteiger partial charge is 0.176 e. The molecular formula is C14H16N4. The maximum Gasteiger partial charge on any atom is 0.176 e. The van der Waals surface area contributed by atoms with Crippen LogP contribution in [0.3, 0.4) is 0 Å². The lowest BCUT2D eigenvalue weighted by atomic mass is 10.1. The predicted molar refractivity (Wildman–Crippen MR) is 73.3 cm³/mol. The monoisotopic (exact) mass is 240 g/mol. The zero-order valence-electron chi connectivity index (χ0n) is 10.6. The fraction of sp³-hybridized carbons (Fsp3) is 0.286. The van der Waals surface area contributed by atoms with E-state index in [-0.39, 0.29) is 0 Å². The molecular weight excluding hydrogens is 224 g/mol. The number of anilines is 3. The third kappa shape index (κ3) is 1.79. The Morgan fingerprint density at radius 1 is 1.22 bits per heavy atom. The summed E-state index contributed by atoms with van der Waals surface area (Å²) < 4.78 is 0. The average Bonchev–Trinajstić information content (AvgIpc) is 2.38. The van der Waals surface area contributed by atoms with Gasteiger partial charge in [-0.3, -0.25) is 0 Å². The van der Waals surface area contributed by atoms with Gasteiger partial charge in [0, 0.05) is 30.7 Å². The van der Waals surface area contributed by atoms with Crippen molar-refractivity contribution in [3.05, 3.63) is 42.2 Å². The van der Waals surface area contributed by atoms with Crippen LogP contribution in [-0.4, -0.2) is 22.6 Å². The number of fused-ring (bicyclic) bond motifs is 1. The van der Waals surface area contributed by atoms with Crippen LogP contribution in [0.15, 0.2) is 36.7 Å². The molecule has 0 radical (unpaired) electrons. The maximum atomic E-state index is 4.45. The van der Waals surface area contributed by atoms with Crippen molar-refractivity contribution < 1.29 is 0 Å². The summed E-state index contributed by atoms with van der Waals surface area (Å²) >= 11 is 0. The summed E-state index contributed by atoms with van der Waals surface area (Å²) in [5, 5.41) is 3.36. The first kappa shape index (κ1) is 11.0. The van der Waals surface area contributed by atoms with Crippen molar-refractivity contribution in [2.75, 3.05) is 16.8 Å². The normalized spacial score (nSPS) is 18.1. The highest BCUT2D eigenvalue weighted by molar-refractivity contribution is 5.74. The van der Waals surface area contributed by atoms with Gasteiger partial charge in [-0.2, -0.15) is 0 Å². The van der Waals surface area contributed by atoms with Gasteiger partial charge in [-0.25, -0.2) is 9.97 Å². The molecule has 4 heteroatoms. The topological polar surface area (TPSA) is 41.0 Å². The van der Waals surface area contributed by atoms with Crippen LogP contribution in [0.5, 0.6) is 0 Å². The highest BCUT2D eigenvalue weighted by atomic mass is 15.3. The van der Waals surface area contributed by atoms with Gasteiger partial charge in [-0.15, -0.1) is 0 Å². The standard InChI is InChI=1S/C14H16N4/c1-10-5-3-4-6-12(10)18-9-11(2)17-13-14(18)16-8-7-15-13/h3-8,11H,9H2,1-2H3,(H,15,17)/t11-/m0/s1. The minimum atomic E-state index is 0.355. The van der Waals surface area contributed by atoms with Crippen molar-refractivity contribution in [1.29, 1.82) is 0 Å². The summed E-state index contributed by atoms with van der Waals surface area (Å²) in [4.78, 5) is 11.0. The molecule has 2 heterocycles. The first-order valence-corrected chi connectivity index (χ1v) is 6.16. The van der Waals surface area contributed by atoms with Crippen molar-refractivity contribution >= 4 is 17.3 Å². The molecule has 92 valence electrons. The highest BCUT2D eigenvalue weighted by Gasteiger charge is 2.24. The molecule has 1 aliphatic heterocycles. The second kappa shape index (κ2) is 4.29. The Kier molecular flexibility index (Phi) is 2.63. The van der Waals surface area contributed by atoms with E-state index in [1.54, 1.807) is 12.4 Å². The number of hydrogen-bond acceptors (Lipinski definition) is 4. The number of nitrogens with one attached hydrogen (secondary N) is 1. The summed E-state index contributed by atoms with van der Waals surface area (Å²) in [7, 11) is 0. The minimum Gasteiger partial charge on any atom is -0.363 e. The van der Waals surface area contributed by atoms with Crippen molar-refractivity contribution in [2.24, 2.45) is 0 Å². The van der Waals surface area contributed by atoms with Crippen LogP contribution in [0.4, 0.5) is 17.3 Å². The molecule has 1 atom stereocenters. The Morgan fingerprint density at radius 2 is 2.00 bits per heavy atom. The van der Waals surface area contributed by atoms with Crippen LogP contribution in [-0.2, 0) is 0 Å². The quantitative estimate of drug-likeness (QED) is 0.832. The molecule has 1 aliphatic rings.